The quantitative estimate of drug-likeness (QED) is 0.828. The van der Waals surface area contributed by atoms with Crippen molar-refractivity contribution in [2.45, 2.75) is 19.0 Å². The first kappa shape index (κ1) is 15.5. The Kier molecular flexibility index (Phi) is 4.63. The molecular formula is C16H14F4O. The lowest BCUT2D eigenvalue weighted by Gasteiger charge is -2.10. The lowest BCUT2D eigenvalue weighted by molar-refractivity contribution is -0.139. The molecule has 0 aliphatic heterocycles. The molecule has 0 radical (unpaired) electrons. The second-order valence-corrected chi connectivity index (χ2v) is 4.72. The standard InChI is InChI=1S/C16H14F4O/c17-15-8-7-13(10-14(15)16(18,19)20)12-5-3-11(4-6-12)2-1-9-21/h3-8,10,21H,1-2,9H2. The normalized spacial score (nSPS) is 11.7. The molecular weight excluding hydrogens is 284 g/mol. The number of benzene rings is 2. The Morgan fingerprint density at radius 2 is 1.52 bits per heavy atom. The van der Waals surface area contributed by atoms with E-state index < -0.39 is 17.6 Å². The average molecular weight is 298 g/mol. The smallest absolute Gasteiger partial charge is 0.396 e. The summed E-state index contributed by atoms with van der Waals surface area (Å²) < 4.78 is 51.3. The molecule has 0 saturated heterocycles. The Labute approximate surface area is 119 Å². The summed E-state index contributed by atoms with van der Waals surface area (Å²) in [5.41, 5.74) is 0.640. The van der Waals surface area contributed by atoms with Gasteiger partial charge in [-0.15, -0.1) is 0 Å². The highest BCUT2D eigenvalue weighted by molar-refractivity contribution is 5.64. The molecule has 0 heterocycles. The van der Waals surface area contributed by atoms with E-state index in [2.05, 4.69) is 0 Å². The van der Waals surface area contributed by atoms with Gasteiger partial charge in [-0.25, -0.2) is 4.39 Å². The molecule has 21 heavy (non-hydrogen) atoms. The van der Waals surface area contributed by atoms with Crippen molar-refractivity contribution in [1.82, 2.24) is 0 Å². The summed E-state index contributed by atoms with van der Waals surface area (Å²) >= 11 is 0. The van der Waals surface area contributed by atoms with Crippen LogP contribution in [0.5, 0.6) is 0 Å². The van der Waals surface area contributed by atoms with Gasteiger partial charge in [0.25, 0.3) is 0 Å². The minimum absolute atomic E-state index is 0.0919. The number of hydrogen-bond donors (Lipinski definition) is 1. The van der Waals surface area contributed by atoms with Gasteiger partial charge in [-0.2, -0.15) is 13.2 Å². The van der Waals surface area contributed by atoms with Crippen LogP contribution in [0.3, 0.4) is 0 Å². The van der Waals surface area contributed by atoms with Crippen molar-refractivity contribution >= 4 is 0 Å². The first-order chi connectivity index (χ1) is 9.91. The SMILES string of the molecule is OCCCc1ccc(-c2ccc(F)c(C(F)(F)F)c2)cc1. The zero-order valence-corrected chi connectivity index (χ0v) is 11.1. The van der Waals surface area contributed by atoms with E-state index in [9.17, 15) is 17.6 Å². The second kappa shape index (κ2) is 6.26. The van der Waals surface area contributed by atoms with E-state index in [4.69, 9.17) is 5.11 Å². The molecule has 2 aromatic rings. The number of rotatable bonds is 4. The van der Waals surface area contributed by atoms with Gasteiger partial charge >= 0.3 is 6.18 Å². The van der Waals surface area contributed by atoms with Crippen LogP contribution in [0.25, 0.3) is 11.1 Å². The van der Waals surface area contributed by atoms with Gasteiger partial charge in [0, 0.05) is 6.61 Å². The van der Waals surface area contributed by atoms with E-state index in [1.165, 1.54) is 6.07 Å². The zero-order valence-electron chi connectivity index (χ0n) is 11.1. The van der Waals surface area contributed by atoms with Crippen molar-refractivity contribution in [2.75, 3.05) is 6.61 Å². The summed E-state index contributed by atoms with van der Waals surface area (Å²) in [6, 6.07) is 9.95. The maximum absolute atomic E-state index is 13.2. The van der Waals surface area contributed by atoms with Gasteiger partial charge in [0.2, 0.25) is 0 Å². The maximum Gasteiger partial charge on any atom is 0.419 e. The predicted molar refractivity (Wildman–Crippen MR) is 72.2 cm³/mol. The van der Waals surface area contributed by atoms with Crippen LogP contribution >= 0.6 is 0 Å². The van der Waals surface area contributed by atoms with Crippen LogP contribution in [0.1, 0.15) is 17.5 Å². The molecule has 0 bridgehead atoms. The molecule has 0 amide bonds. The molecule has 0 aliphatic rings. The van der Waals surface area contributed by atoms with Crippen molar-refractivity contribution in [3.8, 4) is 11.1 Å². The van der Waals surface area contributed by atoms with Crippen molar-refractivity contribution in [1.29, 1.82) is 0 Å². The fraction of sp³-hybridized carbons (Fsp3) is 0.250. The number of aryl methyl sites for hydroxylation is 1. The van der Waals surface area contributed by atoms with Crippen LogP contribution < -0.4 is 0 Å². The summed E-state index contributed by atoms with van der Waals surface area (Å²) in [5, 5.41) is 8.75. The molecule has 0 unspecified atom stereocenters. The number of alkyl halides is 3. The maximum atomic E-state index is 13.2. The fourth-order valence-corrected chi connectivity index (χ4v) is 2.07. The summed E-state index contributed by atoms with van der Waals surface area (Å²) in [5.74, 6) is -1.27. The molecule has 5 heteroatoms. The predicted octanol–water partition coefficient (Wildman–Crippen LogP) is 4.44. The van der Waals surface area contributed by atoms with Crippen molar-refractivity contribution in [3.05, 3.63) is 59.4 Å². The molecule has 2 rings (SSSR count). The van der Waals surface area contributed by atoms with E-state index in [1.54, 1.807) is 24.3 Å². The highest BCUT2D eigenvalue weighted by atomic mass is 19.4. The average Bonchev–Trinajstić information content (AvgIpc) is 2.45. The summed E-state index contributed by atoms with van der Waals surface area (Å²) in [6.07, 6.45) is -3.37. The van der Waals surface area contributed by atoms with E-state index in [-0.39, 0.29) is 6.61 Å². The Balaban J connectivity index is 2.30. The van der Waals surface area contributed by atoms with Crippen LogP contribution in [-0.4, -0.2) is 11.7 Å². The molecule has 0 atom stereocenters. The number of halogens is 4. The zero-order chi connectivity index (χ0) is 15.5. The molecule has 1 nitrogen and oxygen atoms in total. The van der Waals surface area contributed by atoms with Gasteiger partial charge in [0.1, 0.15) is 5.82 Å². The Morgan fingerprint density at radius 1 is 0.905 bits per heavy atom. The van der Waals surface area contributed by atoms with Crippen molar-refractivity contribution < 1.29 is 22.7 Å². The summed E-state index contributed by atoms with van der Waals surface area (Å²) in [6.45, 7) is 0.0919. The summed E-state index contributed by atoms with van der Waals surface area (Å²) in [4.78, 5) is 0. The van der Waals surface area contributed by atoms with E-state index in [1.807, 2.05) is 0 Å². The Morgan fingerprint density at radius 3 is 2.10 bits per heavy atom. The molecule has 112 valence electrons. The highest BCUT2D eigenvalue weighted by Crippen LogP contribution is 2.34. The third-order valence-electron chi connectivity index (χ3n) is 3.18. The van der Waals surface area contributed by atoms with E-state index in [0.717, 1.165) is 17.7 Å². The largest absolute Gasteiger partial charge is 0.419 e. The minimum atomic E-state index is -4.71. The molecule has 0 saturated carbocycles. The van der Waals surface area contributed by atoms with Crippen molar-refractivity contribution in [2.24, 2.45) is 0 Å². The van der Waals surface area contributed by atoms with Crippen LogP contribution in [0.15, 0.2) is 42.5 Å². The minimum Gasteiger partial charge on any atom is -0.396 e. The van der Waals surface area contributed by atoms with Gasteiger partial charge in [-0.3, -0.25) is 0 Å². The van der Waals surface area contributed by atoms with Crippen LogP contribution in [0, 0.1) is 5.82 Å². The topological polar surface area (TPSA) is 20.2 Å². The molecule has 0 spiro atoms. The van der Waals surface area contributed by atoms with Gasteiger partial charge < -0.3 is 5.11 Å². The lowest BCUT2D eigenvalue weighted by atomic mass is 10.00. The van der Waals surface area contributed by atoms with Crippen molar-refractivity contribution in [3.63, 3.8) is 0 Å². The third-order valence-corrected chi connectivity index (χ3v) is 3.18. The lowest BCUT2D eigenvalue weighted by Crippen LogP contribution is -2.08. The van der Waals surface area contributed by atoms with Crippen LogP contribution in [-0.2, 0) is 12.6 Å². The van der Waals surface area contributed by atoms with Crippen LogP contribution in [0.2, 0.25) is 0 Å². The molecule has 0 aliphatic carbocycles. The number of aliphatic hydroxyl groups excluding tert-OH is 1. The van der Waals surface area contributed by atoms with Gasteiger partial charge in [-0.05, 0) is 41.7 Å². The van der Waals surface area contributed by atoms with Crippen LogP contribution in [0.4, 0.5) is 17.6 Å². The second-order valence-electron chi connectivity index (χ2n) is 4.72. The Hall–Kier alpha value is -1.88. The first-order valence-electron chi connectivity index (χ1n) is 6.49. The molecule has 2 aromatic carbocycles. The van der Waals surface area contributed by atoms with E-state index >= 15 is 0 Å². The number of aliphatic hydroxyl groups is 1. The molecule has 0 aromatic heterocycles. The Bertz CT molecular complexity index is 603. The van der Waals surface area contributed by atoms with Gasteiger partial charge in [-0.1, -0.05) is 30.3 Å². The number of hydrogen-bond acceptors (Lipinski definition) is 1. The monoisotopic (exact) mass is 298 g/mol. The van der Waals surface area contributed by atoms with Gasteiger partial charge in [0.15, 0.2) is 0 Å². The first-order valence-corrected chi connectivity index (χ1v) is 6.49. The summed E-state index contributed by atoms with van der Waals surface area (Å²) in [7, 11) is 0. The molecule has 0 fully saturated rings. The molecule has 1 N–H and O–H groups in total. The van der Waals surface area contributed by atoms with Gasteiger partial charge in [0.05, 0.1) is 5.56 Å². The fourth-order valence-electron chi connectivity index (χ4n) is 2.07. The third kappa shape index (κ3) is 3.82. The highest BCUT2D eigenvalue weighted by Gasteiger charge is 2.34. The van der Waals surface area contributed by atoms with E-state index in [0.29, 0.717) is 24.0 Å².